The van der Waals surface area contributed by atoms with E-state index in [0.29, 0.717) is 6.61 Å². The highest BCUT2D eigenvalue weighted by molar-refractivity contribution is 5.52. The van der Waals surface area contributed by atoms with Crippen LogP contribution in [0, 0.1) is 0 Å². The third-order valence-corrected chi connectivity index (χ3v) is 1.20. The van der Waals surface area contributed by atoms with Crippen molar-refractivity contribution in [2.24, 2.45) is 5.16 Å². The van der Waals surface area contributed by atoms with Crippen molar-refractivity contribution in [2.75, 3.05) is 13.2 Å². The molecule has 1 unspecified atom stereocenters. The summed E-state index contributed by atoms with van der Waals surface area (Å²) in [5.74, 6) is 0. The van der Waals surface area contributed by atoms with Crippen molar-refractivity contribution in [1.29, 1.82) is 0 Å². The SMILES string of the molecule is C/C=N/OC1CCOC1. The molecule has 1 aliphatic rings. The highest BCUT2D eigenvalue weighted by Gasteiger charge is 2.15. The third-order valence-electron chi connectivity index (χ3n) is 1.20. The van der Waals surface area contributed by atoms with Crippen LogP contribution in [0.5, 0.6) is 0 Å². The second kappa shape index (κ2) is 3.45. The maximum Gasteiger partial charge on any atom is 0.152 e. The Morgan fingerprint density at radius 3 is 3.22 bits per heavy atom. The number of oxime groups is 1. The average Bonchev–Trinajstić information content (AvgIpc) is 2.34. The van der Waals surface area contributed by atoms with Gasteiger partial charge in [0.2, 0.25) is 0 Å². The molecule has 0 radical (unpaired) electrons. The lowest BCUT2D eigenvalue weighted by Crippen LogP contribution is -2.07. The van der Waals surface area contributed by atoms with Gasteiger partial charge in [-0.3, -0.25) is 0 Å². The van der Waals surface area contributed by atoms with E-state index in [1.807, 2.05) is 6.92 Å². The Hall–Kier alpha value is -0.570. The third kappa shape index (κ3) is 2.01. The minimum atomic E-state index is 0.196. The molecule has 0 aromatic carbocycles. The molecule has 1 saturated heterocycles. The van der Waals surface area contributed by atoms with E-state index < -0.39 is 0 Å². The summed E-state index contributed by atoms with van der Waals surface area (Å²) in [6.45, 7) is 3.33. The first-order chi connectivity index (χ1) is 4.43. The van der Waals surface area contributed by atoms with Crippen molar-refractivity contribution in [3.63, 3.8) is 0 Å². The molecule has 3 nitrogen and oxygen atoms in total. The second-order valence-corrected chi connectivity index (χ2v) is 1.95. The molecule has 52 valence electrons. The molecule has 1 heterocycles. The highest BCUT2D eigenvalue weighted by atomic mass is 16.7. The summed E-state index contributed by atoms with van der Waals surface area (Å²) in [6.07, 6.45) is 2.80. The van der Waals surface area contributed by atoms with E-state index >= 15 is 0 Å². The topological polar surface area (TPSA) is 30.8 Å². The first kappa shape index (κ1) is 6.55. The summed E-state index contributed by atoms with van der Waals surface area (Å²) in [7, 11) is 0. The van der Waals surface area contributed by atoms with Crippen LogP contribution in [0.2, 0.25) is 0 Å². The first-order valence-electron chi connectivity index (χ1n) is 3.15. The predicted octanol–water partition coefficient (Wildman–Crippen LogP) is 0.798. The molecule has 9 heavy (non-hydrogen) atoms. The zero-order valence-electron chi connectivity index (χ0n) is 5.54. The predicted molar refractivity (Wildman–Crippen MR) is 34.5 cm³/mol. The zero-order chi connectivity index (χ0) is 6.53. The maximum atomic E-state index is 5.06. The summed E-state index contributed by atoms with van der Waals surface area (Å²) in [4.78, 5) is 5.00. The normalized spacial score (nSPS) is 27.4. The Kier molecular flexibility index (Phi) is 2.51. The lowest BCUT2D eigenvalue weighted by Gasteiger charge is -2.02. The molecule has 0 saturated carbocycles. The Morgan fingerprint density at radius 2 is 2.67 bits per heavy atom. The Labute approximate surface area is 54.6 Å². The number of ether oxygens (including phenoxy) is 1. The number of hydrogen-bond donors (Lipinski definition) is 0. The molecule has 0 bridgehead atoms. The van der Waals surface area contributed by atoms with Gasteiger partial charge in [0.05, 0.1) is 13.2 Å². The standard InChI is InChI=1S/C6H11NO2/c1-2-7-9-6-3-4-8-5-6/h2,6H,3-5H2,1H3/b7-2+. The van der Waals surface area contributed by atoms with Crippen LogP contribution in [-0.4, -0.2) is 25.5 Å². The highest BCUT2D eigenvalue weighted by Crippen LogP contribution is 2.07. The van der Waals surface area contributed by atoms with E-state index in [0.717, 1.165) is 13.0 Å². The largest absolute Gasteiger partial charge is 0.390 e. The van der Waals surface area contributed by atoms with Crippen molar-refractivity contribution < 1.29 is 9.57 Å². The quantitative estimate of drug-likeness (QED) is 0.408. The molecule has 1 aliphatic heterocycles. The fourth-order valence-electron chi connectivity index (χ4n) is 0.743. The molecule has 0 amide bonds. The molecule has 1 fully saturated rings. The van der Waals surface area contributed by atoms with E-state index in [1.54, 1.807) is 6.21 Å². The first-order valence-corrected chi connectivity index (χ1v) is 3.15. The maximum absolute atomic E-state index is 5.06. The molecule has 0 N–H and O–H groups in total. The Bertz CT molecular complexity index is 97.2. The summed E-state index contributed by atoms with van der Waals surface area (Å²) in [5.41, 5.74) is 0. The summed E-state index contributed by atoms with van der Waals surface area (Å²) >= 11 is 0. The van der Waals surface area contributed by atoms with Gasteiger partial charge in [-0.1, -0.05) is 5.16 Å². The van der Waals surface area contributed by atoms with E-state index in [2.05, 4.69) is 5.16 Å². The summed E-state index contributed by atoms with van der Waals surface area (Å²) in [6, 6.07) is 0. The van der Waals surface area contributed by atoms with Crippen molar-refractivity contribution in [2.45, 2.75) is 19.4 Å². The van der Waals surface area contributed by atoms with Gasteiger partial charge in [0, 0.05) is 12.6 Å². The average molecular weight is 129 g/mol. The van der Waals surface area contributed by atoms with Crippen molar-refractivity contribution in [3.8, 4) is 0 Å². The van der Waals surface area contributed by atoms with Gasteiger partial charge in [-0.2, -0.15) is 0 Å². The lowest BCUT2D eigenvalue weighted by molar-refractivity contribution is 0.0483. The van der Waals surface area contributed by atoms with Crippen LogP contribution in [0.4, 0.5) is 0 Å². The number of hydrogen-bond acceptors (Lipinski definition) is 3. The smallest absolute Gasteiger partial charge is 0.152 e. The summed E-state index contributed by atoms with van der Waals surface area (Å²) in [5, 5.41) is 3.65. The monoisotopic (exact) mass is 129 g/mol. The molecule has 0 spiro atoms. The molecule has 0 aromatic heterocycles. The van der Waals surface area contributed by atoms with Gasteiger partial charge >= 0.3 is 0 Å². The molecular weight excluding hydrogens is 118 g/mol. The fraction of sp³-hybridized carbons (Fsp3) is 0.833. The van der Waals surface area contributed by atoms with Gasteiger partial charge in [-0.15, -0.1) is 0 Å². The Morgan fingerprint density at radius 1 is 1.78 bits per heavy atom. The van der Waals surface area contributed by atoms with Gasteiger partial charge in [-0.25, -0.2) is 0 Å². The summed E-state index contributed by atoms with van der Waals surface area (Å²) < 4.78 is 5.06. The van der Waals surface area contributed by atoms with Crippen LogP contribution in [0.25, 0.3) is 0 Å². The van der Waals surface area contributed by atoms with Crippen LogP contribution in [0.15, 0.2) is 5.16 Å². The van der Waals surface area contributed by atoms with Crippen LogP contribution >= 0.6 is 0 Å². The van der Waals surface area contributed by atoms with Crippen molar-refractivity contribution in [1.82, 2.24) is 0 Å². The van der Waals surface area contributed by atoms with Crippen LogP contribution in [0.3, 0.4) is 0 Å². The minimum absolute atomic E-state index is 0.196. The van der Waals surface area contributed by atoms with E-state index in [1.165, 1.54) is 0 Å². The van der Waals surface area contributed by atoms with Crippen LogP contribution in [-0.2, 0) is 9.57 Å². The minimum Gasteiger partial charge on any atom is -0.390 e. The van der Waals surface area contributed by atoms with E-state index in [4.69, 9.17) is 9.57 Å². The Balaban J connectivity index is 2.11. The van der Waals surface area contributed by atoms with Gasteiger partial charge in [0.15, 0.2) is 6.10 Å². The van der Waals surface area contributed by atoms with E-state index in [9.17, 15) is 0 Å². The van der Waals surface area contributed by atoms with Gasteiger partial charge in [0.25, 0.3) is 0 Å². The fourth-order valence-corrected chi connectivity index (χ4v) is 0.743. The molecule has 0 aliphatic carbocycles. The van der Waals surface area contributed by atoms with E-state index in [-0.39, 0.29) is 6.10 Å². The van der Waals surface area contributed by atoms with Gasteiger partial charge in [-0.05, 0) is 6.92 Å². The lowest BCUT2D eigenvalue weighted by atomic mass is 10.3. The molecule has 0 aromatic rings. The van der Waals surface area contributed by atoms with Crippen molar-refractivity contribution in [3.05, 3.63) is 0 Å². The van der Waals surface area contributed by atoms with Crippen LogP contribution < -0.4 is 0 Å². The van der Waals surface area contributed by atoms with Gasteiger partial charge < -0.3 is 9.57 Å². The van der Waals surface area contributed by atoms with Crippen LogP contribution in [0.1, 0.15) is 13.3 Å². The molecular formula is C6H11NO2. The van der Waals surface area contributed by atoms with Crippen molar-refractivity contribution >= 4 is 6.21 Å². The zero-order valence-corrected chi connectivity index (χ0v) is 5.54. The number of nitrogens with zero attached hydrogens (tertiary/aromatic N) is 1. The second-order valence-electron chi connectivity index (χ2n) is 1.95. The van der Waals surface area contributed by atoms with Gasteiger partial charge in [0.1, 0.15) is 0 Å². The number of rotatable bonds is 2. The molecule has 1 atom stereocenters. The molecule has 3 heteroatoms. The molecule has 1 rings (SSSR count).